The summed E-state index contributed by atoms with van der Waals surface area (Å²) >= 11 is 0. The molecule has 1 aliphatic rings. The number of rotatable bonds is 5. The van der Waals surface area contributed by atoms with Crippen LogP contribution in [0.1, 0.15) is 31.4 Å². The van der Waals surface area contributed by atoms with E-state index in [1.54, 1.807) is 33.5 Å². The van der Waals surface area contributed by atoms with Gasteiger partial charge in [-0.1, -0.05) is 6.92 Å². The summed E-state index contributed by atoms with van der Waals surface area (Å²) in [5.41, 5.74) is 0.674. The maximum Gasteiger partial charge on any atom is 0.132 e. The normalized spacial score (nSPS) is 23.5. The van der Waals surface area contributed by atoms with Crippen LogP contribution in [0.4, 0.5) is 0 Å². The highest BCUT2D eigenvalue weighted by Crippen LogP contribution is 2.40. The number of aliphatic hydroxyl groups excluding tert-OH is 1. The largest absolute Gasteiger partial charge is 0.496 e. The summed E-state index contributed by atoms with van der Waals surface area (Å²) in [6.07, 6.45) is 1.39. The third-order valence-electron chi connectivity index (χ3n) is 4.13. The van der Waals surface area contributed by atoms with Gasteiger partial charge in [0.1, 0.15) is 23.4 Å². The summed E-state index contributed by atoms with van der Waals surface area (Å²) in [5, 5.41) is 14.2. The fourth-order valence-electron chi connectivity index (χ4n) is 2.92. The zero-order valence-electron chi connectivity index (χ0n) is 13.2. The predicted molar refractivity (Wildman–Crippen MR) is 81.2 cm³/mol. The minimum atomic E-state index is -0.677. The molecule has 1 saturated heterocycles. The molecule has 0 aromatic heterocycles. The SMILES string of the molecule is COc1cc(OC)c(C(O)C2CC(C)CCN2)c(OC)c1. The molecule has 2 rings (SSSR count). The van der Waals surface area contributed by atoms with Gasteiger partial charge in [0, 0.05) is 18.2 Å². The van der Waals surface area contributed by atoms with Gasteiger partial charge in [-0.3, -0.25) is 0 Å². The average Bonchev–Trinajstić information content (AvgIpc) is 2.52. The number of benzene rings is 1. The predicted octanol–water partition coefficient (Wildman–Crippen LogP) is 2.13. The van der Waals surface area contributed by atoms with Crippen molar-refractivity contribution in [3.8, 4) is 17.2 Å². The first-order chi connectivity index (χ1) is 10.1. The van der Waals surface area contributed by atoms with E-state index in [9.17, 15) is 5.11 Å². The molecule has 1 aliphatic heterocycles. The Morgan fingerprint density at radius 3 is 2.24 bits per heavy atom. The van der Waals surface area contributed by atoms with Crippen molar-refractivity contribution in [2.75, 3.05) is 27.9 Å². The standard InChI is InChI=1S/C16H25NO4/c1-10-5-6-17-12(7-10)16(18)15-13(20-3)8-11(19-2)9-14(15)21-4/h8-10,12,16-18H,5-7H2,1-4H3. The molecule has 118 valence electrons. The van der Waals surface area contributed by atoms with Crippen molar-refractivity contribution in [2.45, 2.75) is 31.9 Å². The number of aliphatic hydroxyl groups is 1. The molecule has 3 unspecified atom stereocenters. The Morgan fingerprint density at radius 1 is 1.14 bits per heavy atom. The van der Waals surface area contributed by atoms with Gasteiger partial charge in [0.05, 0.1) is 26.9 Å². The molecule has 1 aromatic rings. The fraction of sp³-hybridized carbons (Fsp3) is 0.625. The Hall–Kier alpha value is -1.46. The summed E-state index contributed by atoms with van der Waals surface area (Å²) < 4.78 is 16.1. The molecule has 2 N–H and O–H groups in total. The minimum absolute atomic E-state index is 0.00458. The van der Waals surface area contributed by atoms with Gasteiger partial charge in [0.2, 0.25) is 0 Å². The Labute approximate surface area is 126 Å². The molecule has 5 nitrogen and oxygen atoms in total. The lowest BCUT2D eigenvalue weighted by molar-refractivity contribution is 0.0962. The molecule has 0 saturated carbocycles. The quantitative estimate of drug-likeness (QED) is 0.871. The minimum Gasteiger partial charge on any atom is -0.496 e. The van der Waals surface area contributed by atoms with Crippen molar-refractivity contribution < 1.29 is 19.3 Å². The van der Waals surface area contributed by atoms with Gasteiger partial charge in [-0.05, 0) is 25.3 Å². The molecule has 21 heavy (non-hydrogen) atoms. The van der Waals surface area contributed by atoms with Gasteiger partial charge >= 0.3 is 0 Å². The van der Waals surface area contributed by atoms with E-state index >= 15 is 0 Å². The highest BCUT2D eigenvalue weighted by Gasteiger charge is 2.30. The van der Waals surface area contributed by atoms with E-state index in [2.05, 4.69) is 12.2 Å². The van der Waals surface area contributed by atoms with E-state index in [1.165, 1.54) is 0 Å². The number of hydrogen-bond acceptors (Lipinski definition) is 5. The lowest BCUT2D eigenvalue weighted by Crippen LogP contribution is -2.41. The molecular weight excluding hydrogens is 270 g/mol. The van der Waals surface area contributed by atoms with Gasteiger partial charge in [-0.15, -0.1) is 0 Å². The van der Waals surface area contributed by atoms with Crippen LogP contribution in [0.2, 0.25) is 0 Å². The molecule has 1 fully saturated rings. The van der Waals surface area contributed by atoms with E-state index in [1.807, 2.05) is 0 Å². The lowest BCUT2D eigenvalue weighted by Gasteiger charge is -2.33. The van der Waals surface area contributed by atoms with Gasteiger partial charge in [0.25, 0.3) is 0 Å². The van der Waals surface area contributed by atoms with Crippen molar-refractivity contribution in [2.24, 2.45) is 5.92 Å². The van der Waals surface area contributed by atoms with Crippen LogP contribution in [0.5, 0.6) is 17.2 Å². The van der Waals surface area contributed by atoms with Crippen LogP contribution in [-0.4, -0.2) is 39.0 Å². The molecule has 0 radical (unpaired) electrons. The second-order valence-corrected chi connectivity index (χ2v) is 5.58. The van der Waals surface area contributed by atoms with Crippen molar-refractivity contribution in [3.63, 3.8) is 0 Å². The molecule has 0 aliphatic carbocycles. The van der Waals surface area contributed by atoms with Crippen LogP contribution >= 0.6 is 0 Å². The topological polar surface area (TPSA) is 60.0 Å². The molecule has 5 heteroatoms. The highest BCUT2D eigenvalue weighted by atomic mass is 16.5. The Balaban J connectivity index is 2.36. The Bertz CT molecular complexity index is 452. The highest BCUT2D eigenvalue weighted by molar-refractivity contribution is 5.52. The van der Waals surface area contributed by atoms with Crippen molar-refractivity contribution in [3.05, 3.63) is 17.7 Å². The number of methoxy groups -OCH3 is 3. The first-order valence-corrected chi connectivity index (χ1v) is 7.32. The van der Waals surface area contributed by atoms with E-state index < -0.39 is 6.10 Å². The summed E-state index contributed by atoms with van der Waals surface area (Å²) in [5.74, 6) is 2.41. The number of nitrogens with one attached hydrogen (secondary N) is 1. The van der Waals surface area contributed by atoms with Crippen LogP contribution in [0.25, 0.3) is 0 Å². The van der Waals surface area contributed by atoms with Crippen LogP contribution in [0.3, 0.4) is 0 Å². The molecule has 0 spiro atoms. The van der Waals surface area contributed by atoms with E-state index in [0.717, 1.165) is 19.4 Å². The second-order valence-electron chi connectivity index (χ2n) is 5.58. The zero-order valence-corrected chi connectivity index (χ0v) is 13.2. The maximum absolute atomic E-state index is 10.8. The number of hydrogen-bond donors (Lipinski definition) is 2. The fourth-order valence-corrected chi connectivity index (χ4v) is 2.92. The summed E-state index contributed by atoms with van der Waals surface area (Å²) in [6, 6.07) is 3.55. The molecule has 3 atom stereocenters. The van der Waals surface area contributed by atoms with Crippen LogP contribution in [-0.2, 0) is 0 Å². The van der Waals surface area contributed by atoms with Gasteiger partial charge in [-0.2, -0.15) is 0 Å². The van der Waals surface area contributed by atoms with Crippen LogP contribution in [0, 0.1) is 5.92 Å². The van der Waals surface area contributed by atoms with Gasteiger partial charge < -0.3 is 24.6 Å². The number of ether oxygens (including phenoxy) is 3. The summed E-state index contributed by atoms with van der Waals surface area (Å²) in [7, 11) is 4.76. The Kier molecular flexibility index (Phi) is 5.31. The van der Waals surface area contributed by atoms with Crippen LogP contribution in [0.15, 0.2) is 12.1 Å². The molecule has 0 amide bonds. The van der Waals surface area contributed by atoms with E-state index in [0.29, 0.717) is 28.7 Å². The zero-order chi connectivity index (χ0) is 15.4. The lowest BCUT2D eigenvalue weighted by atomic mass is 9.88. The molecular formula is C16H25NO4. The number of piperidine rings is 1. The van der Waals surface area contributed by atoms with Crippen molar-refractivity contribution >= 4 is 0 Å². The molecule has 1 heterocycles. The second kappa shape index (κ2) is 7.00. The maximum atomic E-state index is 10.8. The summed E-state index contributed by atoms with van der Waals surface area (Å²) in [6.45, 7) is 3.13. The first kappa shape index (κ1) is 15.9. The van der Waals surface area contributed by atoms with Gasteiger partial charge in [0.15, 0.2) is 0 Å². The molecule has 1 aromatic carbocycles. The monoisotopic (exact) mass is 295 g/mol. The third-order valence-corrected chi connectivity index (χ3v) is 4.13. The van der Waals surface area contributed by atoms with E-state index in [4.69, 9.17) is 14.2 Å². The summed E-state index contributed by atoms with van der Waals surface area (Å²) in [4.78, 5) is 0. The van der Waals surface area contributed by atoms with Crippen LogP contribution < -0.4 is 19.5 Å². The third kappa shape index (κ3) is 3.41. The average molecular weight is 295 g/mol. The Morgan fingerprint density at radius 2 is 1.76 bits per heavy atom. The van der Waals surface area contributed by atoms with Gasteiger partial charge in [-0.25, -0.2) is 0 Å². The van der Waals surface area contributed by atoms with Crippen molar-refractivity contribution in [1.82, 2.24) is 5.32 Å². The van der Waals surface area contributed by atoms with Crippen molar-refractivity contribution in [1.29, 1.82) is 0 Å². The first-order valence-electron chi connectivity index (χ1n) is 7.32. The molecule has 0 bridgehead atoms. The van der Waals surface area contributed by atoms with E-state index in [-0.39, 0.29) is 6.04 Å². The smallest absolute Gasteiger partial charge is 0.132 e.